The van der Waals surface area contributed by atoms with Crippen LogP contribution in [0.4, 0.5) is 0 Å². The van der Waals surface area contributed by atoms with Crippen molar-refractivity contribution in [2.45, 2.75) is 72.5 Å². The Morgan fingerprint density at radius 1 is 1.13 bits per heavy atom. The summed E-state index contributed by atoms with van der Waals surface area (Å²) < 4.78 is 6.26. The highest BCUT2D eigenvalue weighted by Gasteiger charge is 2.61. The summed E-state index contributed by atoms with van der Waals surface area (Å²) in [6.45, 7) is 15.4. The number of fused-ring (bicyclic) bond motifs is 2. The average Bonchev–Trinajstić information content (AvgIpc) is 2.76. The molecule has 134 valence electrons. The van der Waals surface area contributed by atoms with Crippen LogP contribution in [-0.4, -0.2) is 48.5 Å². The van der Waals surface area contributed by atoms with E-state index in [1.54, 1.807) is 0 Å². The minimum absolute atomic E-state index is 0.297. The number of β-amino-alcohol motifs (C(OH)–C–C–N with tert-alkyl or cyclic N) is 1. The molecule has 1 heterocycles. The first-order valence-electron chi connectivity index (χ1n) is 9.74. The zero-order valence-electron chi connectivity index (χ0n) is 15.8. The Kier molecular flexibility index (Phi) is 4.85. The molecule has 3 aliphatic rings. The van der Waals surface area contributed by atoms with Crippen LogP contribution in [-0.2, 0) is 4.74 Å². The summed E-state index contributed by atoms with van der Waals surface area (Å²) in [5.41, 5.74) is 0.686. The van der Waals surface area contributed by atoms with E-state index in [0.717, 1.165) is 37.4 Å². The first kappa shape index (κ1) is 17.7. The summed E-state index contributed by atoms with van der Waals surface area (Å²) in [6, 6.07) is 0. The Morgan fingerprint density at radius 3 is 2.30 bits per heavy atom. The van der Waals surface area contributed by atoms with E-state index in [-0.39, 0.29) is 6.10 Å². The third-order valence-corrected chi connectivity index (χ3v) is 7.62. The van der Waals surface area contributed by atoms with Crippen LogP contribution in [0.15, 0.2) is 0 Å². The molecule has 3 rings (SSSR count). The minimum Gasteiger partial charge on any atom is -0.389 e. The fraction of sp³-hybridized carbons (Fsp3) is 1.00. The smallest absolute Gasteiger partial charge is 0.0900 e. The third kappa shape index (κ3) is 3.21. The van der Waals surface area contributed by atoms with Gasteiger partial charge in [-0.1, -0.05) is 34.6 Å². The molecule has 0 aromatic carbocycles. The number of hydrogen-bond donors (Lipinski definition) is 1. The largest absolute Gasteiger partial charge is 0.389 e. The molecule has 2 aliphatic carbocycles. The lowest BCUT2D eigenvalue weighted by Gasteiger charge is -2.39. The molecular weight excluding hydrogens is 286 g/mol. The second-order valence-electron chi connectivity index (χ2n) is 9.75. The van der Waals surface area contributed by atoms with Gasteiger partial charge in [-0.05, 0) is 54.3 Å². The summed E-state index contributed by atoms with van der Waals surface area (Å²) in [5, 5.41) is 10.5. The van der Waals surface area contributed by atoms with Crippen molar-refractivity contribution < 1.29 is 9.84 Å². The van der Waals surface area contributed by atoms with E-state index in [2.05, 4.69) is 39.5 Å². The van der Waals surface area contributed by atoms with Gasteiger partial charge < -0.3 is 14.7 Å². The predicted octanol–water partition coefficient (Wildman–Crippen LogP) is 3.56. The maximum absolute atomic E-state index is 10.5. The number of aliphatic hydroxyl groups is 1. The van der Waals surface area contributed by atoms with Crippen molar-refractivity contribution in [3.63, 3.8) is 0 Å². The molecule has 2 bridgehead atoms. The monoisotopic (exact) mass is 323 g/mol. The molecule has 1 N–H and O–H groups in total. The van der Waals surface area contributed by atoms with Gasteiger partial charge in [-0.2, -0.15) is 0 Å². The van der Waals surface area contributed by atoms with E-state index in [0.29, 0.717) is 23.5 Å². The molecule has 3 heteroatoms. The number of piperidine rings is 1. The van der Waals surface area contributed by atoms with Crippen LogP contribution in [0.2, 0.25) is 0 Å². The molecule has 0 aromatic rings. The molecule has 2 saturated carbocycles. The van der Waals surface area contributed by atoms with E-state index >= 15 is 0 Å². The van der Waals surface area contributed by atoms with Crippen LogP contribution >= 0.6 is 0 Å². The number of ether oxygens (including phenoxy) is 1. The summed E-state index contributed by atoms with van der Waals surface area (Å²) in [6.07, 6.45) is 5.14. The normalized spacial score (nSPS) is 44.6. The molecule has 3 fully saturated rings. The van der Waals surface area contributed by atoms with Crippen molar-refractivity contribution in [1.29, 1.82) is 0 Å². The Balaban J connectivity index is 1.48. The number of hydrogen-bond acceptors (Lipinski definition) is 3. The van der Waals surface area contributed by atoms with Crippen LogP contribution in [0.1, 0.15) is 60.3 Å². The summed E-state index contributed by atoms with van der Waals surface area (Å²) >= 11 is 0. The van der Waals surface area contributed by atoms with E-state index in [4.69, 9.17) is 4.74 Å². The zero-order valence-corrected chi connectivity index (χ0v) is 15.8. The van der Waals surface area contributed by atoms with Crippen molar-refractivity contribution >= 4 is 0 Å². The molecule has 1 aliphatic heterocycles. The Hall–Kier alpha value is -0.120. The fourth-order valence-electron chi connectivity index (χ4n) is 5.90. The van der Waals surface area contributed by atoms with Gasteiger partial charge in [0, 0.05) is 19.6 Å². The number of rotatable bonds is 5. The van der Waals surface area contributed by atoms with Gasteiger partial charge >= 0.3 is 0 Å². The second kappa shape index (κ2) is 6.31. The SMILES string of the molecule is C[C@@H]1C[C@@H](C)CN(C[C@H](O)CO[C@@H]2C[C@@H]3CC[C@]2(C)C3(C)C)C1. The summed E-state index contributed by atoms with van der Waals surface area (Å²) in [7, 11) is 0. The van der Waals surface area contributed by atoms with Gasteiger partial charge in [0.1, 0.15) is 0 Å². The Morgan fingerprint density at radius 2 is 1.78 bits per heavy atom. The quantitative estimate of drug-likeness (QED) is 0.840. The van der Waals surface area contributed by atoms with Crippen molar-refractivity contribution in [3.05, 3.63) is 0 Å². The molecule has 0 spiro atoms. The van der Waals surface area contributed by atoms with Crippen LogP contribution in [0.3, 0.4) is 0 Å². The van der Waals surface area contributed by atoms with Gasteiger partial charge in [-0.25, -0.2) is 0 Å². The second-order valence-corrected chi connectivity index (χ2v) is 9.75. The topological polar surface area (TPSA) is 32.7 Å². The first-order valence-corrected chi connectivity index (χ1v) is 9.74. The number of aliphatic hydroxyl groups excluding tert-OH is 1. The van der Waals surface area contributed by atoms with Gasteiger partial charge in [0.05, 0.1) is 18.8 Å². The van der Waals surface area contributed by atoms with Gasteiger partial charge in [0.25, 0.3) is 0 Å². The fourth-order valence-corrected chi connectivity index (χ4v) is 5.90. The van der Waals surface area contributed by atoms with Crippen molar-refractivity contribution in [1.82, 2.24) is 4.90 Å². The summed E-state index contributed by atoms with van der Waals surface area (Å²) in [4.78, 5) is 2.43. The lowest BCUT2D eigenvalue weighted by Crippen LogP contribution is -2.44. The molecule has 0 amide bonds. The van der Waals surface area contributed by atoms with E-state index in [9.17, 15) is 5.11 Å². The third-order valence-electron chi connectivity index (χ3n) is 7.62. The van der Waals surface area contributed by atoms with Crippen molar-refractivity contribution in [3.8, 4) is 0 Å². The molecule has 0 aromatic heterocycles. The summed E-state index contributed by atoms with van der Waals surface area (Å²) in [5.74, 6) is 2.30. The molecule has 6 atom stereocenters. The maximum Gasteiger partial charge on any atom is 0.0900 e. The number of nitrogens with zero attached hydrogens (tertiary/aromatic N) is 1. The van der Waals surface area contributed by atoms with E-state index in [1.807, 2.05) is 0 Å². The molecule has 23 heavy (non-hydrogen) atoms. The molecule has 0 radical (unpaired) electrons. The van der Waals surface area contributed by atoms with E-state index in [1.165, 1.54) is 25.7 Å². The lowest BCUT2D eigenvalue weighted by atomic mass is 9.70. The molecule has 0 unspecified atom stereocenters. The van der Waals surface area contributed by atoms with Gasteiger partial charge in [-0.15, -0.1) is 0 Å². The Labute approximate surface area is 142 Å². The average molecular weight is 324 g/mol. The standard InChI is InChI=1S/C20H37NO2/c1-14-8-15(2)11-21(10-14)12-17(22)13-23-18-9-16-6-7-20(18,5)19(16,3)4/h14-18,22H,6-13H2,1-5H3/t14-,15-,16+,17+,18-,20+/m1/s1. The predicted molar refractivity (Wildman–Crippen MR) is 94.4 cm³/mol. The highest BCUT2D eigenvalue weighted by molar-refractivity contribution is 5.11. The van der Waals surface area contributed by atoms with Crippen molar-refractivity contribution in [2.24, 2.45) is 28.6 Å². The minimum atomic E-state index is -0.349. The lowest BCUT2D eigenvalue weighted by molar-refractivity contribution is -0.0813. The molecule has 3 nitrogen and oxygen atoms in total. The molecule has 1 saturated heterocycles. The highest BCUT2D eigenvalue weighted by atomic mass is 16.5. The Bertz CT molecular complexity index is 414. The number of likely N-dealkylation sites (tertiary alicyclic amines) is 1. The van der Waals surface area contributed by atoms with Gasteiger partial charge in [0.2, 0.25) is 0 Å². The van der Waals surface area contributed by atoms with Crippen LogP contribution in [0, 0.1) is 28.6 Å². The maximum atomic E-state index is 10.5. The van der Waals surface area contributed by atoms with Crippen molar-refractivity contribution in [2.75, 3.05) is 26.2 Å². The van der Waals surface area contributed by atoms with Gasteiger partial charge in [0.15, 0.2) is 0 Å². The first-order chi connectivity index (χ1) is 10.7. The molecular formula is C20H37NO2. The van der Waals surface area contributed by atoms with E-state index < -0.39 is 0 Å². The van der Waals surface area contributed by atoms with Gasteiger partial charge in [-0.3, -0.25) is 0 Å². The highest BCUT2D eigenvalue weighted by Crippen LogP contribution is 2.66. The van der Waals surface area contributed by atoms with Crippen LogP contribution < -0.4 is 0 Å². The van der Waals surface area contributed by atoms with Crippen LogP contribution in [0.25, 0.3) is 0 Å². The van der Waals surface area contributed by atoms with Crippen LogP contribution in [0.5, 0.6) is 0 Å². The zero-order chi connectivity index (χ0) is 16.8.